The number of aryl methyl sites for hydroxylation is 1. The Balaban J connectivity index is 0.000000941. The van der Waals surface area contributed by atoms with Crippen LogP contribution in [0.25, 0.3) is 0 Å². The summed E-state index contributed by atoms with van der Waals surface area (Å²) in [6.07, 6.45) is 4.96. The van der Waals surface area contributed by atoms with Gasteiger partial charge in [0.2, 0.25) is 0 Å². The molecule has 1 aliphatic rings. The van der Waals surface area contributed by atoms with E-state index in [9.17, 15) is 5.11 Å². The fourth-order valence-electron chi connectivity index (χ4n) is 4.20. The maximum atomic E-state index is 11.1. The Morgan fingerprint density at radius 1 is 1.00 bits per heavy atom. The Kier molecular flexibility index (Phi) is 8.92. The molecule has 2 nitrogen and oxygen atoms in total. The van der Waals surface area contributed by atoms with Gasteiger partial charge >= 0.3 is 37.9 Å². The van der Waals surface area contributed by atoms with E-state index in [4.69, 9.17) is 17.0 Å². The maximum absolute atomic E-state index is 11.1. The Hall–Kier alpha value is -0.280. The van der Waals surface area contributed by atoms with Crippen LogP contribution in [0.2, 0.25) is 13.1 Å². The summed E-state index contributed by atoms with van der Waals surface area (Å²) in [7, 11) is 10.0. The minimum atomic E-state index is -2.05. The van der Waals surface area contributed by atoms with Gasteiger partial charge in [-0.2, -0.15) is 0 Å². The van der Waals surface area contributed by atoms with Crippen LogP contribution in [0.1, 0.15) is 50.3 Å². The van der Waals surface area contributed by atoms with E-state index in [0.717, 1.165) is 10.8 Å². The predicted octanol–water partition coefficient (Wildman–Crippen LogP) is 6.49. The van der Waals surface area contributed by atoms with Crippen molar-refractivity contribution in [2.24, 2.45) is 0 Å². The number of nitrogens with zero attached hydrogens (tertiary/aromatic N) is 1. The molecule has 2 aromatic rings. The molecule has 0 fully saturated rings. The standard InChI is InChI=1S/C23H33NOSi.2ClH.Zr/c1-23(2,3)19-14-10-16-21(22(19)25)26(5,6)24(4)20-15-9-12-17-11-7-8-13-18(17)20;;;/h9-10,12,14-16,25H,7-8,11,13H2,1-6H3;2*1H;/q;;;+2/p-2. The van der Waals surface area contributed by atoms with Gasteiger partial charge in [0.1, 0.15) is 5.75 Å². The molecule has 0 bridgehead atoms. The summed E-state index contributed by atoms with van der Waals surface area (Å²) < 4.78 is 2.48. The van der Waals surface area contributed by atoms with Crippen molar-refractivity contribution in [1.29, 1.82) is 0 Å². The molecule has 158 valence electrons. The molecular weight excluding hydrogens is 496 g/mol. The van der Waals surface area contributed by atoms with Crippen molar-refractivity contribution in [3.8, 4) is 5.75 Å². The molecule has 0 aliphatic heterocycles. The van der Waals surface area contributed by atoms with Crippen LogP contribution in [-0.2, 0) is 39.1 Å². The number of anilines is 1. The molecule has 29 heavy (non-hydrogen) atoms. The fraction of sp³-hybridized carbons (Fsp3) is 0.478. The van der Waals surface area contributed by atoms with E-state index < -0.39 is 29.1 Å². The van der Waals surface area contributed by atoms with Gasteiger partial charge in [-0.3, -0.25) is 0 Å². The van der Waals surface area contributed by atoms with Crippen LogP contribution >= 0.6 is 17.0 Å². The zero-order valence-corrected chi connectivity index (χ0v) is 23.4. The van der Waals surface area contributed by atoms with Crippen LogP contribution < -0.4 is 9.75 Å². The topological polar surface area (TPSA) is 23.5 Å². The Labute approximate surface area is 196 Å². The third kappa shape index (κ3) is 5.70. The molecule has 2 aromatic carbocycles. The number of rotatable bonds is 3. The number of hydrogen-bond acceptors (Lipinski definition) is 2. The normalized spacial score (nSPS) is 13.8. The zero-order chi connectivity index (χ0) is 21.8. The van der Waals surface area contributed by atoms with Gasteiger partial charge in [0, 0.05) is 10.9 Å². The average Bonchev–Trinajstić information content (AvgIpc) is 2.66. The molecule has 0 atom stereocenters. The fourth-order valence-corrected chi connectivity index (χ4v) is 6.59. The molecule has 0 heterocycles. The van der Waals surface area contributed by atoms with Gasteiger partial charge in [0.15, 0.2) is 8.24 Å². The molecule has 0 unspecified atom stereocenters. The number of phenolic OH excluding ortho intramolecular Hbond substituents is 1. The summed E-state index contributed by atoms with van der Waals surface area (Å²) in [6.45, 7) is 11.2. The van der Waals surface area contributed by atoms with Gasteiger partial charge in [0.05, 0.1) is 0 Å². The molecule has 0 aromatic heterocycles. The molecular formula is C23H33Cl2NOSiZr. The van der Waals surface area contributed by atoms with E-state index >= 15 is 0 Å². The summed E-state index contributed by atoms with van der Waals surface area (Å²) in [5.74, 6) is 0.494. The van der Waals surface area contributed by atoms with Crippen LogP contribution in [0, 0.1) is 0 Å². The van der Waals surface area contributed by atoms with Gasteiger partial charge in [-0.15, -0.1) is 0 Å². The van der Waals surface area contributed by atoms with Crippen molar-refractivity contribution in [3.63, 3.8) is 0 Å². The second kappa shape index (κ2) is 10.4. The first-order chi connectivity index (χ1) is 13.6. The molecule has 0 saturated heterocycles. The number of hydrogen-bond donors (Lipinski definition) is 1. The Morgan fingerprint density at radius 2 is 1.59 bits per heavy atom. The van der Waals surface area contributed by atoms with Gasteiger partial charge in [-0.1, -0.05) is 51.1 Å². The van der Waals surface area contributed by atoms with Gasteiger partial charge in [-0.05, 0) is 74.0 Å². The third-order valence-electron chi connectivity index (χ3n) is 6.07. The van der Waals surface area contributed by atoms with Crippen LogP contribution in [0.15, 0.2) is 36.4 Å². The summed E-state index contributed by atoms with van der Waals surface area (Å²) in [4.78, 5) is 0. The number of benzene rings is 2. The molecule has 0 saturated carbocycles. The molecule has 1 N–H and O–H groups in total. The van der Waals surface area contributed by atoms with E-state index in [-0.39, 0.29) is 5.41 Å². The monoisotopic (exact) mass is 527 g/mol. The molecule has 3 rings (SSSR count). The van der Waals surface area contributed by atoms with Gasteiger partial charge in [-0.25, -0.2) is 0 Å². The van der Waals surface area contributed by atoms with E-state index in [0.29, 0.717) is 5.75 Å². The van der Waals surface area contributed by atoms with E-state index in [1.807, 2.05) is 0 Å². The first-order valence-electron chi connectivity index (χ1n) is 10.2. The molecule has 1 aliphatic carbocycles. The number of halogens is 2. The van der Waals surface area contributed by atoms with Crippen LogP contribution in [0.3, 0.4) is 0 Å². The molecule has 0 spiro atoms. The second-order valence-corrected chi connectivity index (χ2v) is 17.3. The number of phenols is 1. The van der Waals surface area contributed by atoms with Gasteiger partial charge in [0.25, 0.3) is 0 Å². The van der Waals surface area contributed by atoms with Crippen LogP contribution in [0.4, 0.5) is 5.69 Å². The molecule has 6 heteroatoms. The van der Waals surface area contributed by atoms with Crippen molar-refractivity contribution in [2.45, 2.75) is 65.0 Å². The van der Waals surface area contributed by atoms with Gasteiger partial charge < -0.3 is 9.67 Å². The first-order valence-corrected chi connectivity index (χ1v) is 19.5. The number of aromatic hydroxyl groups is 1. The summed E-state index contributed by atoms with van der Waals surface area (Å²) >= 11 is -0.826. The first kappa shape index (κ1) is 25.0. The number of fused-ring (bicyclic) bond motifs is 1. The van der Waals surface area contributed by atoms with Crippen molar-refractivity contribution < 1.29 is 26.0 Å². The third-order valence-corrected chi connectivity index (χ3v) is 9.71. The van der Waals surface area contributed by atoms with Crippen molar-refractivity contribution in [3.05, 3.63) is 53.1 Å². The molecule has 0 amide bonds. The van der Waals surface area contributed by atoms with Crippen LogP contribution in [-0.4, -0.2) is 20.4 Å². The SMILES string of the molecule is CN(c1cccc2c1CCCC2)[Si](C)(C)c1cccc(C(C)(C)C)c1O.[Cl][Zr][Cl]. The average molecular weight is 530 g/mol. The van der Waals surface area contributed by atoms with Crippen molar-refractivity contribution in [1.82, 2.24) is 0 Å². The van der Waals surface area contributed by atoms with E-state index in [1.165, 1.54) is 42.5 Å². The predicted molar refractivity (Wildman–Crippen MR) is 127 cm³/mol. The number of para-hydroxylation sites is 1. The van der Waals surface area contributed by atoms with Crippen LogP contribution in [0.5, 0.6) is 5.75 Å². The summed E-state index contributed by atoms with van der Waals surface area (Å²) in [5.41, 5.74) is 5.37. The van der Waals surface area contributed by atoms with E-state index in [1.54, 1.807) is 0 Å². The zero-order valence-electron chi connectivity index (χ0n) is 18.4. The minimum absolute atomic E-state index is 0.0605. The summed E-state index contributed by atoms with van der Waals surface area (Å²) in [6, 6.07) is 13.1. The molecule has 0 radical (unpaired) electrons. The van der Waals surface area contributed by atoms with E-state index in [2.05, 4.69) is 81.9 Å². The Bertz CT molecular complexity index is 836. The quantitative estimate of drug-likeness (QED) is 0.459. The second-order valence-electron chi connectivity index (χ2n) is 9.26. The van der Waals surface area contributed by atoms with Crippen molar-refractivity contribution in [2.75, 3.05) is 11.6 Å². The summed E-state index contributed by atoms with van der Waals surface area (Å²) in [5, 5.41) is 12.2. The Morgan fingerprint density at radius 3 is 2.21 bits per heavy atom. The van der Waals surface area contributed by atoms with Crippen molar-refractivity contribution >= 4 is 36.1 Å².